The van der Waals surface area contributed by atoms with Crippen LogP contribution < -0.4 is 10.9 Å². The molecular formula is C20H15ClFN5O2S. The molecule has 1 N–H and O–H groups in total. The third-order valence-electron chi connectivity index (χ3n) is 4.35. The van der Waals surface area contributed by atoms with Gasteiger partial charge in [-0.3, -0.25) is 18.6 Å². The van der Waals surface area contributed by atoms with Crippen molar-refractivity contribution in [2.24, 2.45) is 0 Å². The second-order valence-electron chi connectivity index (χ2n) is 6.42. The highest BCUT2D eigenvalue weighted by Crippen LogP contribution is 2.21. The summed E-state index contributed by atoms with van der Waals surface area (Å²) in [5.41, 5.74) is 1.75. The number of aryl methyl sites for hydroxylation is 1. The van der Waals surface area contributed by atoms with E-state index in [4.69, 9.17) is 11.6 Å². The zero-order valence-electron chi connectivity index (χ0n) is 15.7. The Bertz CT molecular complexity index is 1300. The minimum Gasteiger partial charge on any atom is -0.325 e. The van der Waals surface area contributed by atoms with E-state index in [0.29, 0.717) is 21.6 Å². The number of nitrogens with one attached hydrogen (secondary N) is 1. The Labute approximate surface area is 179 Å². The normalized spacial score (nSPS) is 11.0. The molecule has 7 nitrogen and oxygen atoms in total. The van der Waals surface area contributed by atoms with E-state index in [-0.39, 0.29) is 23.1 Å². The van der Waals surface area contributed by atoms with E-state index in [1.165, 1.54) is 33.2 Å². The molecule has 4 rings (SSSR count). The van der Waals surface area contributed by atoms with E-state index >= 15 is 0 Å². The first kappa shape index (κ1) is 20.1. The number of anilines is 1. The molecule has 152 valence electrons. The molecule has 0 atom stereocenters. The van der Waals surface area contributed by atoms with Gasteiger partial charge in [0, 0.05) is 28.8 Å². The van der Waals surface area contributed by atoms with Gasteiger partial charge < -0.3 is 5.32 Å². The molecule has 2 aromatic heterocycles. The second kappa shape index (κ2) is 8.29. The van der Waals surface area contributed by atoms with Gasteiger partial charge in [0.05, 0.1) is 5.75 Å². The molecule has 30 heavy (non-hydrogen) atoms. The highest BCUT2D eigenvalue weighted by atomic mass is 35.5. The van der Waals surface area contributed by atoms with Crippen molar-refractivity contribution in [2.75, 3.05) is 11.1 Å². The smallest absolute Gasteiger partial charge is 0.300 e. The standard InChI is InChI=1S/C20H15ClFN5O2S/c1-12-2-3-13(21)10-16(12)23-17(28)11-30-20-25-24-18-19(29)26(8-9-27(18)20)15-6-4-14(22)5-7-15/h2-10H,11H2,1H3,(H,23,28). The summed E-state index contributed by atoms with van der Waals surface area (Å²) < 4.78 is 16.0. The molecule has 10 heteroatoms. The molecular weight excluding hydrogens is 429 g/mol. The van der Waals surface area contributed by atoms with Gasteiger partial charge in [-0.15, -0.1) is 10.2 Å². The molecule has 0 saturated heterocycles. The molecule has 4 aromatic rings. The Hall–Kier alpha value is -3.17. The van der Waals surface area contributed by atoms with Crippen molar-refractivity contribution in [1.82, 2.24) is 19.2 Å². The van der Waals surface area contributed by atoms with Crippen molar-refractivity contribution in [3.8, 4) is 5.69 Å². The number of aromatic nitrogens is 4. The number of rotatable bonds is 5. The van der Waals surface area contributed by atoms with Gasteiger partial charge in [-0.1, -0.05) is 29.4 Å². The van der Waals surface area contributed by atoms with Gasteiger partial charge in [0.15, 0.2) is 5.16 Å². The summed E-state index contributed by atoms with van der Waals surface area (Å²) in [5, 5.41) is 11.7. The molecule has 2 heterocycles. The molecule has 2 aromatic carbocycles. The molecule has 0 bridgehead atoms. The fourth-order valence-corrected chi connectivity index (χ4v) is 3.70. The maximum Gasteiger partial charge on any atom is 0.300 e. The van der Waals surface area contributed by atoms with E-state index in [1.54, 1.807) is 24.5 Å². The van der Waals surface area contributed by atoms with Crippen LogP contribution in [0.4, 0.5) is 10.1 Å². The van der Waals surface area contributed by atoms with Crippen LogP contribution in [0.25, 0.3) is 11.3 Å². The van der Waals surface area contributed by atoms with Crippen molar-refractivity contribution in [1.29, 1.82) is 0 Å². The summed E-state index contributed by atoms with van der Waals surface area (Å²) >= 11 is 7.13. The van der Waals surface area contributed by atoms with Crippen LogP contribution in [0.1, 0.15) is 5.56 Å². The largest absolute Gasteiger partial charge is 0.325 e. The number of halogens is 2. The lowest BCUT2D eigenvalue weighted by atomic mass is 10.2. The third-order valence-corrected chi connectivity index (χ3v) is 5.53. The number of amides is 1. The van der Waals surface area contributed by atoms with Gasteiger partial charge in [-0.05, 0) is 48.9 Å². The second-order valence-corrected chi connectivity index (χ2v) is 7.80. The number of benzene rings is 2. The van der Waals surface area contributed by atoms with Crippen LogP contribution in [-0.2, 0) is 4.79 Å². The van der Waals surface area contributed by atoms with Crippen molar-refractivity contribution < 1.29 is 9.18 Å². The van der Waals surface area contributed by atoms with Gasteiger partial charge in [-0.25, -0.2) is 4.39 Å². The molecule has 0 aliphatic heterocycles. The van der Waals surface area contributed by atoms with Gasteiger partial charge in [-0.2, -0.15) is 0 Å². The van der Waals surface area contributed by atoms with Gasteiger partial charge >= 0.3 is 5.56 Å². The number of hydrogen-bond acceptors (Lipinski definition) is 5. The highest BCUT2D eigenvalue weighted by molar-refractivity contribution is 7.99. The quantitative estimate of drug-likeness (QED) is 0.475. The zero-order valence-corrected chi connectivity index (χ0v) is 17.2. The van der Waals surface area contributed by atoms with Crippen molar-refractivity contribution in [3.63, 3.8) is 0 Å². The molecule has 0 aliphatic carbocycles. The van der Waals surface area contributed by atoms with Gasteiger partial charge in [0.2, 0.25) is 11.6 Å². The first-order valence-corrected chi connectivity index (χ1v) is 10.2. The minimum atomic E-state index is -0.400. The lowest BCUT2D eigenvalue weighted by Gasteiger charge is -2.08. The lowest BCUT2D eigenvalue weighted by molar-refractivity contribution is -0.113. The van der Waals surface area contributed by atoms with Crippen LogP contribution in [0.2, 0.25) is 5.02 Å². The van der Waals surface area contributed by atoms with E-state index in [1.807, 2.05) is 13.0 Å². The maximum absolute atomic E-state index is 13.1. The maximum atomic E-state index is 13.1. The van der Waals surface area contributed by atoms with Crippen LogP contribution in [0.5, 0.6) is 0 Å². The average Bonchev–Trinajstić information content (AvgIpc) is 3.14. The number of carbonyl (C=O) groups is 1. The average molecular weight is 444 g/mol. The summed E-state index contributed by atoms with van der Waals surface area (Å²) in [6.07, 6.45) is 3.17. The molecule has 0 spiro atoms. The highest BCUT2D eigenvalue weighted by Gasteiger charge is 2.14. The number of carbonyl (C=O) groups excluding carboxylic acids is 1. The summed E-state index contributed by atoms with van der Waals surface area (Å²) in [7, 11) is 0. The molecule has 0 aliphatic rings. The molecule has 1 amide bonds. The Morgan fingerprint density at radius 3 is 2.70 bits per heavy atom. The number of hydrogen-bond donors (Lipinski definition) is 1. The Morgan fingerprint density at radius 1 is 1.17 bits per heavy atom. The van der Waals surface area contributed by atoms with Crippen LogP contribution in [-0.4, -0.2) is 30.8 Å². The summed E-state index contributed by atoms with van der Waals surface area (Å²) in [6, 6.07) is 10.8. The SMILES string of the molecule is Cc1ccc(Cl)cc1NC(=O)CSc1nnc2c(=O)n(-c3ccc(F)cc3)ccn12. The van der Waals surface area contributed by atoms with Crippen molar-refractivity contribution in [3.05, 3.63) is 81.6 Å². The lowest BCUT2D eigenvalue weighted by Crippen LogP contribution is -2.20. The predicted octanol–water partition coefficient (Wildman–Crippen LogP) is 3.71. The molecule has 0 saturated carbocycles. The number of thioether (sulfide) groups is 1. The van der Waals surface area contributed by atoms with E-state index < -0.39 is 5.56 Å². The predicted molar refractivity (Wildman–Crippen MR) is 114 cm³/mol. The topological polar surface area (TPSA) is 81.3 Å². The van der Waals surface area contributed by atoms with Crippen molar-refractivity contribution >= 4 is 40.6 Å². The van der Waals surface area contributed by atoms with Crippen LogP contribution >= 0.6 is 23.4 Å². The van der Waals surface area contributed by atoms with Gasteiger partial charge in [0.25, 0.3) is 0 Å². The van der Waals surface area contributed by atoms with E-state index in [9.17, 15) is 14.0 Å². The minimum absolute atomic E-state index is 0.0772. The van der Waals surface area contributed by atoms with Crippen LogP contribution in [0.3, 0.4) is 0 Å². The van der Waals surface area contributed by atoms with Crippen molar-refractivity contribution in [2.45, 2.75) is 12.1 Å². The Morgan fingerprint density at radius 2 is 1.93 bits per heavy atom. The molecule has 0 radical (unpaired) electrons. The monoisotopic (exact) mass is 443 g/mol. The summed E-state index contributed by atoms with van der Waals surface area (Å²) in [5.74, 6) is -0.546. The first-order valence-electron chi connectivity index (χ1n) is 8.83. The Kier molecular flexibility index (Phi) is 5.56. The van der Waals surface area contributed by atoms with E-state index in [0.717, 1.165) is 17.3 Å². The summed E-state index contributed by atoms with van der Waals surface area (Å²) in [4.78, 5) is 25.0. The van der Waals surface area contributed by atoms with Gasteiger partial charge in [0.1, 0.15) is 5.82 Å². The first-order chi connectivity index (χ1) is 14.4. The van der Waals surface area contributed by atoms with Crippen LogP contribution in [0.15, 0.2) is 64.8 Å². The third kappa shape index (κ3) is 4.07. The number of nitrogens with zero attached hydrogens (tertiary/aromatic N) is 4. The molecule has 0 unspecified atom stereocenters. The molecule has 0 fully saturated rings. The zero-order chi connectivity index (χ0) is 21.3. The van der Waals surface area contributed by atoms with E-state index in [2.05, 4.69) is 15.5 Å². The fraction of sp³-hybridized carbons (Fsp3) is 0.100. The Balaban J connectivity index is 1.52. The number of fused-ring (bicyclic) bond motifs is 1. The fourth-order valence-electron chi connectivity index (χ4n) is 2.81. The summed E-state index contributed by atoms with van der Waals surface area (Å²) in [6.45, 7) is 1.87. The van der Waals surface area contributed by atoms with Crippen LogP contribution in [0, 0.1) is 12.7 Å².